The summed E-state index contributed by atoms with van der Waals surface area (Å²) in [5.41, 5.74) is 4.90. The van der Waals surface area contributed by atoms with E-state index in [4.69, 9.17) is 5.73 Å². The third kappa shape index (κ3) is 2.90. The number of nitrogens with two attached hydrogens (primary N) is 1. The normalized spacial score (nSPS) is 10.9. The number of carbonyl (C=O) groups is 1. The molecule has 0 atom stereocenters. The third-order valence-corrected chi connectivity index (χ3v) is 1.45. The first-order valence-corrected chi connectivity index (χ1v) is 3.26. The molecular weight excluding hydrogens is 228 g/mol. The van der Waals surface area contributed by atoms with E-state index in [1.165, 1.54) is 0 Å². The molecule has 0 fully saturated rings. The molecule has 0 aliphatic heterocycles. The zero-order valence-corrected chi connectivity index (χ0v) is 7.19. The van der Waals surface area contributed by atoms with Crippen LogP contribution in [0.1, 0.15) is 0 Å². The minimum absolute atomic E-state index is 0.292. The van der Waals surface area contributed by atoms with E-state index in [2.05, 4.69) is 15.6 Å². The fourth-order valence-corrected chi connectivity index (χ4v) is 0.464. The van der Waals surface area contributed by atoms with E-state index in [9.17, 15) is 18.0 Å². The summed E-state index contributed by atoms with van der Waals surface area (Å²) in [7, 11) is 0.932. The first kappa shape index (κ1) is 10.4. The van der Waals surface area contributed by atoms with Crippen LogP contribution in [0, 0.1) is 0 Å². The Kier molecular flexibility index (Phi) is 3.07. The zero-order valence-electron chi connectivity index (χ0n) is 5.47. The predicted molar refractivity (Wildman–Crippen MR) is 33.8 cm³/mol. The second-order valence-corrected chi connectivity index (χ2v) is 2.58. The predicted octanol–water partition coefficient (Wildman–Crippen LogP) is -0.778. The van der Waals surface area contributed by atoms with Crippen LogP contribution in [-0.2, 0) is 4.79 Å². The number of alkyl halides is 3. The van der Waals surface area contributed by atoms with Crippen molar-refractivity contribution in [2.24, 2.45) is 5.73 Å². The Morgan fingerprint density at radius 1 is 1.55 bits per heavy atom. The van der Waals surface area contributed by atoms with E-state index in [0.29, 0.717) is 4.90 Å². The number of halogens is 3. The Morgan fingerprint density at radius 2 is 1.91 bits per heavy atom. The molecule has 0 saturated heterocycles. The van der Waals surface area contributed by atoms with Crippen molar-refractivity contribution in [3.63, 3.8) is 0 Å². The van der Waals surface area contributed by atoms with Crippen LogP contribution in [0.2, 0.25) is 0 Å². The SMILES string of the molecule is CN(C(=O)C(F)(F)F)C(N)=[Se]. The van der Waals surface area contributed by atoms with Gasteiger partial charge in [-0.2, -0.15) is 0 Å². The number of hydrogen-bond acceptors (Lipinski definition) is 2. The van der Waals surface area contributed by atoms with E-state index in [1.807, 2.05) is 0 Å². The molecule has 0 radical (unpaired) electrons. The number of nitrogens with zero attached hydrogens (tertiary/aromatic N) is 1. The Bertz CT molecular complexity index is 190. The molecule has 0 aromatic carbocycles. The fourth-order valence-electron chi connectivity index (χ4n) is 0.290. The summed E-state index contributed by atoms with van der Waals surface area (Å²) in [4.78, 5) is 10.6. The summed E-state index contributed by atoms with van der Waals surface area (Å²) in [6.07, 6.45) is -4.87. The van der Waals surface area contributed by atoms with E-state index in [-0.39, 0.29) is 4.67 Å². The van der Waals surface area contributed by atoms with E-state index >= 15 is 0 Å². The van der Waals surface area contributed by atoms with Crippen LogP contribution in [0.4, 0.5) is 13.2 Å². The van der Waals surface area contributed by atoms with Gasteiger partial charge in [-0.3, -0.25) is 0 Å². The van der Waals surface area contributed by atoms with Gasteiger partial charge >= 0.3 is 68.0 Å². The third-order valence-electron chi connectivity index (χ3n) is 0.878. The van der Waals surface area contributed by atoms with Gasteiger partial charge < -0.3 is 0 Å². The second-order valence-electron chi connectivity index (χ2n) is 1.70. The van der Waals surface area contributed by atoms with Gasteiger partial charge in [0.25, 0.3) is 0 Å². The maximum atomic E-state index is 11.6. The molecule has 2 N–H and O–H groups in total. The van der Waals surface area contributed by atoms with Crippen LogP contribution < -0.4 is 5.73 Å². The fraction of sp³-hybridized carbons (Fsp3) is 0.500. The molecule has 1 amide bonds. The van der Waals surface area contributed by atoms with Crippen LogP contribution in [-0.4, -0.2) is 44.3 Å². The van der Waals surface area contributed by atoms with Gasteiger partial charge in [-0.25, -0.2) is 0 Å². The molecule has 0 heterocycles. The quantitative estimate of drug-likeness (QED) is 0.604. The molecule has 0 saturated carbocycles. The maximum absolute atomic E-state index is 11.6. The van der Waals surface area contributed by atoms with Gasteiger partial charge in [0.2, 0.25) is 0 Å². The molecular formula is C4H5F3N2OSe. The summed E-state index contributed by atoms with van der Waals surface area (Å²) in [5.74, 6) is -1.99. The monoisotopic (exact) mass is 234 g/mol. The molecule has 7 heteroatoms. The van der Waals surface area contributed by atoms with Gasteiger partial charge in [0.05, 0.1) is 0 Å². The molecule has 0 rings (SSSR count). The number of rotatable bonds is 1. The summed E-state index contributed by atoms with van der Waals surface area (Å²) >= 11 is 2.09. The minimum atomic E-state index is -4.87. The Balaban J connectivity index is 4.39. The van der Waals surface area contributed by atoms with Crippen molar-refractivity contribution in [2.75, 3.05) is 7.05 Å². The topological polar surface area (TPSA) is 46.3 Å². The van der Waals surface area contributed by atoms with Crippen LogP contribution in [0.5, 0.6) is 0 Å². The second kappa shape index (κ2) is 3.23. The molecule has 0 aromatic rings. The van der Waals surface area contributed by atoms with Crippen molar-refractivity contribution < 1.29 is 18.0 Å². The average molecular weight is 233 g/mol. The Morgan fingerprint density at radius 3 is 2.00 bits per heavy atom. The molecule has 64 valence electrons. The van der Waals surface area contributed by atoms with Crippen LogP contribution >= 0.6 is 0 Å². The van der Waals surface area contributed by atoms with Gasteiger partial charge in [-0.15, -0.1) is 0 Å². The van der Waals surface area contributed by atoms with E-state index in [0.717, 1.165) is 7.05 Å². The standard InChI is InChI=1S/C4H5F3N2OSe/c1-9(3(8)11)2(10)4(5,6)7/h1H3,(H2,8,11). The zero-order chi connectivity index (χ0) is 9.23. The molecule has 11 heavy (non-hydrogen) atoms. The van der Waals surface area contributed by atoms with Crippen molar-refractivity contribution in [1.82, 2.24) is 4.90 Å². The summed E-state index contributed by atoms with van der Waals surface area (Å²) in [6, 6.07) is 0. The first-order valence-electron chi connectivity index (χ1n) is 2.41. The van der Waals surface area contributed by atoms with E-state index < -0.39 is 12.1 Å². The molecule has 3 nitrogen and oxygen atoms in total. The summed E-state index contributed by atoms with van der Waals surface area (Å²) in [5, 5.41) is 0. The van der Waals surface area contributed by atoms with Crippen molar-refractivity contribution in [3.8, 4) is 0 Å². The van der Waals surface area contributed by atoms with Crippen molar-refractivity contribution in [3.05, 3.63) is 0 Å². The van der Waals surface area contributed by atoms with Gasteiger partial charge in [0, 0.05) is 0 Å². The first-order chi connectivity index (χ1) is 4.76. The average Bonchev–Trinajstić information content (AvgIpc) is 1.82. The van der Waals surface area contributed by atoms with Crippen LogP contribution in [0.3, 0.4) is 0 Å². The molecule has 0 bridgehead atoms. The molecule has 0 aliphatic rings. The number of amides is 1. The van der Waals surface area contributed by atoms with E-state index in [1.54, 1.807) is 0 Å². The van der Waals surface area contributed by atoms with Gasteiger partial charge in [0.15, 0.2) is 0 Å². The van der Waals surface area contributed by atoms with Crippen molar-refractivity contribution in [2.45, 2.75) is 6.18 Å². The molecule has 0 aromatic heterocycles. The van der Waals surface area contributed by atoms with Crippen molar-refractivity contribution in [1.29, 1.82) is 0 Å². The summed E-state index contributed by atoms with van der Waals surface area (Å²) in [6.45, 7) is 0. The number of carbonyl (C=O) groups excluding carboxylic acids is 1. The van der Waals surface area contributed by atoms with Gasteiger partial charge in [0.1, 0.15) is 0 Å². The van der Waals surface area contributed by atoms with Crippen LogP contribution in [0.25, 0.3) is 0 Å². The van der Waals surface area contributed by atoms with Gasteiger partial charge in [-0.1, -0.05) is 0 Å². The molecule has 0 unspecified atom stereocenters. The molecule has 0 aliphatic carbocycles. The summed E-state index contributed by atoms with van der Waals surface area (Å²) < 4.78 is 34.4. The number of hydrogen-bond donors (Lipinski definition) is 1. The van der Waals surface area contributed by atoms with Gasteiger partial charge in [-0.05, 0) is 0 Å². The Labute approximate surface area is 68.7 Å². The van der Waals surface area contributed by atoms with Crippen molar-refractivity contribution >= 4 is 26.1 Å². The van der Waals surface area contributed by atoms with Crippen LogP contribution in [0.15, 0.2) is 0 Å². The Hall–Kier alpha value is -0.551. The molecule has 0 spiro atoms.